The molecule has 2 aromatic rings. The van der Waals surface area contributed by atoms with Crippen LogP contribution in [0.5, 0.6) is 0 Å². The van der Waals surface area contributed by atoms with Gasteiger partial charge in [0, 0.05) is 24.4 Å². The first-order valence-corrected chi connectivity index (χ1v) is 13.9. The van der Waals surface area contributed by atoms with Gasteiger partial charge in [0.05, 0.1) is 28.6 Å². The Labute approximate surface area is 204 Å². The van der Waals surface area contributed by atoms with E-state index in [1.807, 2.05) is 0 Å². The highest BCUT2D eigenvalue weighted by molar-refractivity contribution is 7.85. The minimum atomic E-state index is -1.08. The van der Waals surface area contributed by atoms with Crippen LogP contribution >= 0.6 is 0 Å². The standard InChI is InChI=1S/C27H32N4O2S/c1-2-18-6-8-19(9-7-18)20-13-21-15-31(16-22(21)14-20)26-28-23-5-3-12-34(33)24(23)25(29-26)30-27(17-32)10-4-11-27/h1,6-9,20-22,32H,3-5,10-17H2,(H,28,29,30)/t20?,21?,22?,34-/m0/s1. The molecule has 3 atom stereocenters. The molecular weight excluding hydrogens is 444 g/mol. The number of anilines is 2. The molecule has 0 amide bonds. The molecule has 2 N–H and O–H groups in total. The molecule has 7 heteroatoms. The maximum absolute atomic E-state index is 12.9. The molecule has 2 aliphatic carbocycles. The van der Waals surface area contributed by atoms with E-state index >= 15 is 0 Å². The van der Waals surface area contributed by atoms with Crippen LogP contribution in [0.2, 0.25) is 0 Å². The fraction of sp³-hybridized carbons (Fsp3) is 0.556. The monoisotopic (exact) mass is 476 g/mol. The van der Waals surface area contributed by atoms with Gasteiger partial charge >= 0.3 is 0 Å². The number of rotatable bonds is 5. The lowest BCUT2D eigenvalue weighted by Gasteiger charge is -2.42. The van der Waals surface area contributed by atoms with Crippen molar-refractivity contribution in [1.29, 1.82) is 0 Å². The molecule has 6 rings (SSSR count). The number of aliphatic hydroxyl groups is 1. The summed E-state index contributed by atoms with van der Waals surface area (Å²) in [5.41, 5.74) is 2.93. The molecule has 2 unspecified atom stereocenters. The molecule has 3 heterocycles. The Morgan fingerprint density at radius 2 is 1.88 bits per heavy atom. The van der Waals surface area contributed by atoms with Crippen molar-refractivity contribution in [3.63, 3.8) is 0 Å². The third kappa shape index (κ3) is 3.81. The van der Waals surface area contributed by atoms with Crippen molar-refractivity contribution in [3.8, 4) is 12.3 Å². The molecule has 6 nitrogen and oxygen atoms in total. The SMILES string of the molecule is C#Cc1ccc(C2CC3CN(c4nc5c(c(NC6(CO)CCC6)n4)[S@@](=O)CCC5)CC3C2)cc1. The molecular formula is C27H32N4O2S. The van der Waals surface area contributed by atoms with Gasteiger partial charge in [0.2, 0.25) is 5.95 Å². The second kappa shape index (κ2) is 8.66. The number of aliphatic hydroxyl groups excluding tert-OH is 1. The third-order valence-corrected chi connectivity index (χ3v) is 10.0. The summed E-state index contributed by atoms with van der Waals surface area (Å²) >= 11 is 0. The predicted molar refractivity (Wildman–Crippen MR) is 134 cm³/mol. The fourth-order valence-corrected chi connectivity index (χ4v) is 7.69. The zero-order chi connectivity index (χ0) is 23.3. The van der Waals surface area contributed by atoms with E-state index in [0.717, 1.165) is 67.3 Å². The van der Waals surface area contributed by atoms with E-state index in [4.69, 9.17) is 16.4 Å². The second-order valence-electron chi connectivity index (χ2n) is 10.6. The summed E-state index contributed by atoms with van der Waals surface area (Å²) < 4.78 is 12.9. The van der Waals surface area contributed by atoms with Crippen LogP contribution in [0.1, 0.15) is 61.3 Å². The molecule has 1 aromatic heterocycles. The normalized spacial score (nSPS) is 29.1. The van der Waals surface area contributed by atoms with Gasteiger partial charge in [0.15, 0.2) is 0 Å². The maximum Gasteiger partial charge on any atom is 0.227 e. The lowest BCUT2D eigenvalue weighted by Crippen LogP contribution is -2.49. The number of fused-ring (bicyclic) bond motifs is 2. The highest BCUT2D eigenvalue weighted by atomic mass is 32.2. The van der Waals surface area contributed by atoms with Gasteiger partial charge in [0.1, 0.15) is 10.7 Å². The summed E-state index contributed by atoms with van der Waals surface area (Å²) in [5, 5.41) is 13.5. The van der Waals surface area contributed by atoms with Crippen LogP contribution in [0.3, 0.4) is 0 Å². The quantitative estimate of drug-likeness (QED) is 0.644. The smallest absolute Gasteiger partial charge is 0.227 e. The number of aryl methyl sites for hydroxylation is 1. The minimum Gasteiger partial charge on any atom is -0.394 e. The average molecular weight is 477 g/mol. The van der Waals surface area contributed by atoms with E-state index in [-0.39, 0.29) is 12.1 Å². The molecule has 1 saturated heterocycles. The number of nitrogens with zero attached hydrogens (tertiary/aromatic N) is 3. The minimum absolute atomic E-state index is 0.0747. The van der Waals surface area contributed by atoms with E-state index < -0.39 is 10.8 Å². The van der Waals surface area contributed by atoms with Gasteiger partial charge in [-0.3, -0.25) is 4.21 Å². The lowest BCUT2D eigenvalue weighted by atomic mass is 9.77. The average Bonchev–Trinajstić information content (AvgIpc) is 3.41. The summed E-state index contributed by atoms with van der Waals surface area (Å²) in [6, 6.07) is 8.49. The van der Waals surface area contributed by atoms with Crippen molar-refractivity contribution in [3.05, 3.63) is 41.1 Å². The van der Waals surface area contributed by atoms with E-state index in [9.17, 15) is 9.32 Å². The predicted octanol–water partition coefficient (Wildman–Crippen LogP) is 3.47. The van der Waals surface area contributed by atoms with E-state index in [1.54, 1.807) is 0 Å². The number of nitrogens with one attached hydrogen (secondary N) is 1. The van der Waals surface area contributed by atoms with Crippen LogP contribution in [0.4, 0.5) is 11.8 Å². The number of aromatic nitrogens is 2. The highest BCUT2D eigenvalue weighted by Crippen LogP contribution is 2.47. The topological polar surface area (TPSA) is 78.3 Å². The number of benzene rings is 1. The molecule has 4 aliphatic rings. The first-order valence-electron chi connectivity index (χ1n) is 12.6. The van der Waals surface area contributed by atoms with Crippen molar-refractivity contribution < 1.29 is 9.32 Å². The van der Waals surface area contributed by atoms with Crippen LogP contribution in [0.25, 0.3) is 0 Å². The number of hydrogen-bond acceptors (Lipinski definition) is 6. The summed E-state index contributed by atoms with van der Waals surface area (Å²) in [5.74, 6) is 6.68. The van der Waals surface area contributed by atoms with Gasteiger partial charge in [0.25, 0.3) is 0 Å². The van der Waals surface area contributed by atoms with Crippen molar-refractivity contribution in [2.24, 2.45) is 11.8 Å². The largest absolute Gasteiger partial charge is 0.394 e. The van der Waals surface area contributed by atoms with Gasteiger partial charge in [-0.15, -0.1) is 6.42 Å². The van der Waals surface area contributed by atoms with Crippen LogP contribution < -0.4 is 10.2 Å². The summed E-state index contributed by atoms with van der Waals surface area (Å²) in [6.07, 6.45) is 12.5. The van der Waals surface area contributed by atoms with Crippen LogP contribution in [0, 0.1) is 24.2 Å². The molecule has 0 bridgehead atoms. The van der Waals surface area contributed by atoms with Crippen molar-refractivity contribution in [2.45, 2.75) is 61.3 Å². The third-order valence-electron chi connectivity index (χ3n) is 8.47. The molecule has 178 valence electrons. The Morgan fingerprint density at radius 3 is 2.50 bits per heavy atom. The summed E-state index contributed by atoms with van der Waals surface area (Å²) in [4.78, 5) is 13.0. The first kappa shape index (κ1) is 22.1. The van der Waals surface area contributed by atoms with Crippen LogP contribution in [-0.4, -0.2) is 50.3 Å². The Hall–Kier alpha value is -2.43. The van der Waals surface area contributed by atoms with Gasteiger partial charge in [-0.05, 0) is 80.4 Å². The molecule has 2 saturated carbocycles. The van der Waals surface area contributed by atoms with Gasteiger partial charge in [-0.1, -0.05) is 18.1 Å². The molecule has 1 aromatic carbocycles. The van der Waals surface area contributed by atoms with Crippen molar-refractivity contribution in [1.82, 2.24) is 9.97 Å². The molecule has 2 aliphatic heterocycles. The number of hydrogen-bond donors (Lipinski definition) is 2. The molecule has 3 fully saturated rings. The van der Waals surface area contributed by atoms with Crippen LogP contribution in [-0.2, 0) is 17.2 Å². The lowest BCUT2D eigenvalue weighted by molar-refractivity contribution is 0.143. The van der Waals surface area contributed by atoms with Crippen LogP contribution in [0.15, 0.2) is 29.2 Å². The summed E-state index contributed by atoms with van der Waals surface area (Å²) in [7, 11) is -1.08. The highest BCUT2D eigenvalue weighted by Gasteiger charge is 2.43. The first-order chi connectivity index (χ1) is 16.6. The zero-order valence-electron chi connectivity index (χ0n) is 19.5. The number of terminal acetylenes is 1. The Balaban J connectivity index is 1.22. The van der Waals surface area contributed by atoms with E-state index in [2.05, 4.69) is 40.4 Å². The van der Waals surface area contributed by atoms with Crippen molar-refractivity contribution >= 4 is 22.6 Å². The molecule has 0 radical (unpaired) electrons. The Kier molecular flexibility index (Phi) is 5.62. The summed E-state index contributed by atoms with van der Waals surface area (Å²) in [6.45, 7) is 2.01. The van der Waals surface area contributed by atoms with E-state index in [0.29, 0.717) is 29.3 Å². The fourth-order valence-electron chi connectivity index (χ4n) is 6.36. The molecule has 34 heavy (non-hydrogen) atoms. The van der Waals surface area contributed by atoms with Crippen molar-refractivity contribution in [2.75, 3.05) is 35.7 Å². The molecule has 0 spiro atoms. The Bertz CT molecular complexity index is 1130. The van der Waals surface area contributed by atoms with E-state index in [1.165, 1.54) is 18.4 Å². The zero-order valence-corrected chi connectivity index (χ0v) is 20.3. The second-order valence-corrected chi connectivity index (χ2v) is 12.1. The van der Waals surface area contributed by atoms with Gasteiger partial charge in [-0.25, -0.2) is 4.98 Å². The van der Waals surface area contributed by atoms with Gasteiger partial charge in [-0.2, -0.15) is 4.98 Å². The maximum atomic E-state index is 12.9. The Morgan fingerprint density at radius 1 is 1.15 bits per heavy atom. The van der Waals surface area contributed by atoms with Gasteiger partial charge < -0.3 is 15.3 Å².